The average molecular weight is 418 g/mol. The molecule has 1 heterocycles. The molecule has 1 aliphatic heterocycles. The number of carbonyl (C=O) groups excluding carboxylic acids is 1. The molecule has 2 aromatic carbocycles. The number of hydrogen-bond donors (Lipinski definition) is 0. The Morgan fingerprint density at radius 2 is 1.15 bits per heavy atom. The number of benzene rings is 2. The van der Waals surface area contributed by atoms with Gasteiger partial charge >= 0.3 is 0 Å². The number of Topliss-reactive ketones (excluding diaryl/α,β-unsaturated/α-hetero) is 1. The van der Waals surface area contributed by atoms with Gasteiger partial charge in [-0.25, -0.2) is 0 Å². The molecule has 27 heavy (non-hydrogen) atoms. The molecular weight excluding hydrogens is 394 g/mol. The van der Waals surface area contributed by atoms with Gasteiger partial charge in [-0.05, 0) is 67.1 Å². The van der Waals surface area contributed by atoms with Crippen molar-refractivity contribution in [2.45, 2.75) is 9.79 Å². The summed E-state index contributed by atoms with van der Waals surface area (Å²) in [7, 11) is 2.06. The molecule has 5 heteroatoms. The van der Waals surface area contributed by atoms with E-state index in [0.29, 0.717) is 13.1 Å². The number of thioether (sulfide) groups is 2. The van der Waals surface area contributed by atoms with Gasteiger partial charge in [-0.2, -0.15) is 0 Å². The van der Waals surface area contributed by atoms with Gasteiger partial charge in [-0.1, -0.05) is 24.3 Å². The lowest BCUT2D eigenvalue weighted by Gasteiger charge is -2.26. The summed E-state index contributed by atoms with van der Waals surface area (Å²) in [5, 5.41) is 0. The van der Waals surface area contributed by atoms with E-state index in [2.05, 4.69) is 73.0 Å². The Labute approximate surface area is 176 Å². The third-order valence-corrected chi connectivity index (χ3v) is 5.86. The van der Waals surface area contributed by atoms with Crippen molar-refractivity contribution in [3.05, 3.63) is 70.8 Å². The van der Waals surface area contributed by atoms with Crippen LogP contribution in [0.5, 0.6) is 0 Å². The third kappa shape index (κ3) is 5.76. The summed E-state index contributed by atoms with van der Waals surface area (Å²) in [5.74, 6) is 0.158. The number of piperidine rings is 1. The molecular formula is C22H24ClNOS2. The van der Waals surface area contributed by atoms with Crippen molar-refractivity contribution in [3.63, 3.8) is 0 Å². The highest BCUT2D eigenvalue weighted by molar-refractivity contribution is 7.98. The Bertz CT molecular complexity index is 772. The first kappa shape index (κ1) is 21.8. The molecule has 0 spiro atoms. The predicted octanol–water partition coefficient (Wildman–Crippen LogP) is 5.53. The lowest BCUT2D eigenvalue weighted by Crippen LogP contribution is -2.34. The van der Waals surface area contributed by atoms with Gasteiger partial charge in [-0.15, -0.1) is 35.9 Å². The second-order valence-corrected chi connectivity index (χ2v) is 8.15. The highest BCUT2D eigenvalue weighted by atomic mass is 35.5. The Kier molecular flexibility index (Phi) is 8.24. The maximum atomic E-state index is 13.0. The molecule has 0 aromatic heterocycles. The Balaban J connectivity index is 0.00000261. The highest BCUT2D eigenvalue weighted by Crippen LogP contribution is 2.23. The lowest BCUT2D eigenvalue weighted by atomic mass is 9.94. The van der Waals surface area contributed by atoms with Crippen molar-refractivity contribution in [3.8, 4) is 0 Å². The van der Waals surface area contributed by atoms with Crippen LogP contribution in [0.3, 0.4) is 0 Å². The summed E-state index contributed by atoms with van der Waals surface area (Å²) in [5.41, 5.74) is 3.85. The molecule has 0 amide bonds. The third-order valence-electron chi connectivity index (χ3n) is 4.38. The van der Waals surface area contributed by atoms with Crippen LogP contribution in [0, 0.1) is 0 Å². The van der Waals surface area contributed by atoms with Crippen LogP contribution in [0.2, 0.25) is 0 Å². The van der Waals surface area contributed by atoms with Gasteiger partial charge in [0.05, 0.1) is 0 Å². The van der Waals surface area contributed by atoms with Crippen molar-refractivity contribution >= 4 is 53.9 Å². The number of likely N-dealkylation sites (tertiary alicyclic amines) is 1. The fraction of sp³-hybridized carbons (Fsp3) is 0.227. The fourth-order valence-electron chi connectivity index (χ4n) is 3.01. The van der Waals surface area contributed by atoms with E-state index in [0.717, 1.165) is 22.3 Å². The SMILES string of the molecule is CSc1ccc(C=C2CN(C)CC(=Cc3ccc(SC)cc3)C2=O)cc1.Cl. The first-order chi connectivity index (χ1) is 12.6. The summed E-state index contributed by atoms with van der Waals surface area (Å²) in [6.07, 6.45) is 8.17. The van der Waals surface area contributed by atoms with Crippen LogP contribution in [-0.4, -0.2) is 43.3 Å². The van der Waals surface area contributed by atoms with Gasteiger partial charge < -0.3 is 0 Å². The van der Waals surface area contributed by atoms with Crippen LogP contribution in [0.25, 0.3) is 12.2 Å². The Hall–Kier alpha value is -1.46. The van der Waals surface area contributed by atoms with E-state index in [1.165, 1.54) is 9.79 Å². The summed E-state index contributed by atoms with van der Waals surface area (Å²) in [6, 6.07) is 16.7. The molecule has 1 saturated heterocycles. The molecule has 0 radical (unpaired) electrons. The molecule has 142 valence electrons. The molecule has 1 fully saturated rings. The summed E-state index contributed by atoms with van der Waals surface area (Å²) in [6.45, 7) is 1.37. The van der Waals surface area contributed by atoms with Crippen LogP contribution < -0.4 is 0 Å². The van der Waals surface area contributed by atoms with Crippen LogP contribution in [0.4, 0.5) is 0 Å². The molecule has 0 saturated carbocycles. The zero-order chi connectivity index (χ0) is 18.5. The average Bonchev–Trinajstić information content (AvgIpc) is 2.66. The fourth-order valence-corrected chi connectivity index (χ4v) is 3.83. The number of ketones is 1. The minimum Gasteiger partial charge on any atom is -0.298 e. The van der Waals surface area contributed by atoms with Crippen LogP contribution >= 0.6 is 35.9 Å². The molecule has 2 nitrogen and oxygen atoms in total. The number of carbonyl (C=O) groups is 1. The first-order valence-corrected chi connectivity index (χ1v) is 11.0. The van der Waals surface area contributed by atoms with Crippen LogP contribution in [0.15, 0.2) is 69.5 Å². The van der Waals surface area contributed by atoms with Crippen molar-refractivity contribution < 1.29 is 4.79 Å². The Morgan fingerprint density at radius 1 is 0.778 bits per heavy atom. The van der Waals surface area contributed by atoms with E-state index in [4.69, 9.17) is 0 Å². The highest BCUT2D eigenvalue weighted by Gasteiger charge is 2.23. The molecule has 0 N–H and O–H groups in total. The maximum Gasteiger partial charge on any atom is 0.187 e. The van der Waals surface area contributed by atoms with Crippen molar-refractivity contribution in [2.75, 3.05) is 32.6 Å². The van der Waals surface area contributed by atoms with E-state index in [1.807, 2.05) is 12.2 Å². The number of nitrogens with zero attached hydrogens (tertiary/aromatic N) is 1. The van der Waals surface area contributed by atoms with Crippen molar-refractivity contribution in [1.29, 1.82) is 0 Å². The van der Waals surface area contributed by atoms with Gasteiger partial charge in [-0.3, -0.25) is 9.69 Å². The second kappa shape index (κ2) is 10.2. The molecule has 2 aromatic rings. The summed E-state index contributed by atoms with van der Waals surface area (Å²) in [4.78, 5) is 17.6. The van der Waals surface area contributed by atoms with Crippen LogP contribution in [-0.2, 0) is 4.79 Å². The smallest absolute Gasteiger partial charge is 0.187 e. The summed E-state index contributed by atoms with van der Waals surface area (Å²) < 4.78 is 0. The molecule has 0 atom stereocenters. The van der Waals surface area contributed by atoms with Crippen molar-refractivity contribution in [2.24, 2.45) is 0 Å². The molecule has 0 unspecified atom stereocenters. The molecule has 0 aliphatic carbocycles. The minimum absolute atomic E-state index is 0. The second-order valence-electron chi connectivity index (χ2n) is 6.39. The predicted molar refractivity (Wildman–Crippen MR) is 122 cm³/mol. The quantitative estimate of drug-likeness (QED) is 0.481. The number of halogens is 1. The van der Waals surface area contributed by atoms with Gasteiger partial charge in [0.15, 0.2) is 5.78 Å². The van der Waals surface area contributed by atoms with Gasteiger partial charge in [0.2, 0.25) is 0 Å². The first-order valence-electron chi connectivity index (χ1n) is 8.51. The topological polar surface area (TPSA) is 20.3 Å². The zero-order valence-corrected chi connectivity index (χ0v) is 18.2. The minimum atomic E-state index is 0. The van der Waals surface area contributed by atoms with E-state index in [-0.39, 0.29) is 18.2 Å². The lowest BCUT2D eigenvalue weighted by molar-refractivity contribution is -0.113. The summed E-state index contributed by atoms with van der Waals surface area (Å²) >= 11 is 3.44. The molecule has 1 aliphatic rings. The number of hydrogen-bond acceptors (Lipinski definition) is 4. The normalized spacial score (nSPS) is 18.0. The molecule has 3 rings (SSSR count). The van der Waals surface area contributed by atoms with E-state index in [1.54, 1.807) is 23.5 Å². The van der Waals surface area contributed by atoms with Gasteiger partial charge in [0, 0.05) is 34.0 Å². The standard InChI is InChI=1S/C22H23NOS2.ClH/c1-23-14-18(12-16-4-8-20(25-2)9-5-16)22(24)19(15-23)13-17-6-10-21(26-3)11-7-17;/h4-13H,14-15H2,1-3H3;1H. The number of likely N-dealkylation sites (N-methyl/N-ethyl adjacent to an activating group) is 1. The zero-order valence-electron chi connectivity index (χ0n) is 15.8. The monoisotopic (exact) mass is 417 g/mol. The van der Waals surface area contributed by atoms with Gasteiger partial charge in [0.25, 0.3) is 0 Å². The maximum absolute atomic E-state index is 13.0. The van der Waals surface area contributed by atoms with Crippen molar-refractivity contribution in [1.82, 2.24) is 4.90 Å². The van der Waals surface area contributed by atoms with E-state index in [9.17, 15) is 4.79 Å². The van der Waals surface area contributed by atoms with E-state index < -0.39 is 0 Å². The number of rotatable bonds is 4. The van der Waals surface area contributed by atoms with E-state index >= 15 is 0 Å². The van der Waals surface area contributed by atoms with Gasteiger partial charge in [0.1, 0.15) is 0 Å². The van der Waals surface area contributed by atoms with Crippen LogP contribution in [0.1, 0.15) is 11.1 Å². The molecule has 0 bridgehead atoms. The Morgan fingerprint density at radius 3 is 1.48 bits per heavy atom. The largest absolute Gasteiger partial charge is 0.298 e.